The van der Waals surface area contributed by atoms with Crippen LogP contribution >= 0.6 is 0 Å². The van der Waals surface area contributed by atoms with E-state index >= 15 is 8.78 Å². The molecule has 2 aromatic carbocycles. The second-order valence-corrected chi connectivity index (χ2v) is 19.6. The number of pyridine rings is 1. The van der Waals surface area contributed by atoms with Gasteiger partial charge in [-0.1, -0.05) is 25.5 Å². The smallest absolute Gasteiger partial charge is 0.413 e. The first-order chi connectivity index (χ1) is 31.8. The Balaban J connectivity index is 0.774. The summed E-state index contributed by atoms with van der Waals surface area (Å²) < 4.78 is 56.8. The number of allylic oxidation sites excluding steroid dienone is 4. The number of hydrogen-bond donors (Lipinski definition) is 2. The minimum atomic E-state index is -2.14. The molecule has 0 bridgehead atoms. The number of fused-ring (bicyclic) bond motifs is 6. The molecular formula is C50H55F2N3O12. The lowest BCUT2D eigenvalue weighted by atomic mass is 9.44. The van der Waals surface area contributed by atoms with Crippen LogP contribution in [-0.4, -0.2) is 113 Å². The van der Waals surface area contributed by atoms with Gasteiger partial charge in [-0.2, -0.15) is 0 Å². The van der Waals surface area contributed by atoms with Gasteiger partial charge in [0.15, 0.2) is 35.1 Å². The first kappa shape index (κ1) is 46.2. The molecule has 1 aliphatic heterocycles. The van der Waals surface area contributed by atoms with Crippen molar-refractivity contribution in [1.82, 2.24) is 9.47 Å². The number of carbonyl (C=O) groups is 5. The van der Waals surface area contributed by atoms with E-state index in [1.165, 1.54) is 60.6 Å². The zero-order chi connectivity index (χ0) is 48.0. The van der Waals surface area contributed by atoms with E-state index in [1.807, 2.05) is 4.57 Å². The van der Waals surface area contributed by atoms with Gasteiger partial charge in [0.1, 0.15) is 11.3 Å². The van der Waals surface area contributed by atoms with Crippen LogP contribution in [-0.2, 0) is 23.8 Å². The van der Waals surface area contributed by atoms with E-state index in [2.05, 4.69) is 0 Å². The molecule has 6 aliphatic rings. The summed E-state index contributed by atoms with van der Waals surface area (Å²) in [7, 11) is 1.43. The Kier molecular flexibility index (Phi) is 11.5. The van der Waals surface area contributed by atoms with Crippen LogP contribution in [0.25, 0.3) is 10.9 Å². The first-order valence-electron chi connectivity index (χ1n) is 22.9. The van der Waals surface area contributed by atoms with Gasteiger partial charge < -0.3 is 43.5 Å². The third-order valence-electron chi connectivity index (χ3n) is 16.1. The van der Waals surface area contributed by atoms with E-state index in [0.717, 1.165) is 12.8 Å². The molecule has 1 aromatic heterocycles. The highest BCUT2D eigenvalue weighted by Gasteiger charge is 2.75. The third kappa shape index (κ3) is 7.17. The predicted molar refractivity (Wildman–Crippen MR) is 238 cm³/mol. The molecule has 356 valence electrons. The van der Waals surface area contributed by atoms with Crippen molar-refractivity contribution in [2.45, 2.75) is 95.7 Å². The maximum atomic E-state index is 17.5. The molecule has 2 N–H and O–H groups in total. The number of amides is 1. The fraction of sp³-hybridized carbons (Fsp3) is 0.520. The number of ketones is 2. The molecule has 3 unspecified atom stereocenters. The molecule has 9 atom stereocenters. The number of anilines is 1. The zero-order valence-corrected chi connectivity index (χ0v) is 38.1. The van der Waals surface area contributed by atoms with Gasteiger partial charge in [-0.15, -0.1) is 0 Å². The Morgan fingerprint density at radius 2 is 1.61 bits per heavy atom. The number of aliphatic hydroxyl groups excluding tert-OH is 1. The van der Waals surface area contributed by atoms with Gasteiger partial charge in [0.2, 0.25) is 12.6 Å². The van der Waals surface area contributed by atoms with Crippen molar-refractivity contribution in [1.29, 1.82) is 0 Å². The van der Waals surface area contributed by atoms with E-state index < -0.39 is 95.0 Å². The maximum Gasteiger partial charge on any atom is 0.413 e. The van der Waals surface area contributed by atoms with Crippen molar-refractivity contribution in [3.05, 3.63) is 93.6 Å². The SMILES string of the molecule is COc1c(N2CCN(C(=O)OCOC(=O)c3ccc(C(=O)OCC(=O)[C@@]4(O)[C@H](C)CC5C6CCC7=CC(=O)C=C[C@]7(C)[C@@]6(F)[C@@H](O)C[C@@]54C)cc3)C(C)C2)c(F)cc2c(=O)ccn(C3CC3)c12. The summed E-state index contributed by atoms with van der Waals surface area (Å²) in [5.74, 6) is -4.99. The number of esters is 2. The molecule has 2 heterocycles. The van der Waals surface area contributed by atoms with Crippen LogP contribution in [0.2, 0.25) is 0 Å². The van der Waals surface area contributed by atoms with Crippen LogP contribution in [0.15, 0.2) is 71.2 Å². The lowest BCUT2D eigenvalue weighted by molar-refractivity contribution is -0.219. The average molecular weight is 928 g/mol. The second kappa shape index (κ2) is 16.7. The summed E-state index contributed by atoms with van der Waals surface area (Å²) in [4.78, 5) is 81.2. The average Bonchev–Trinajstić information content (AvgIpc) is 4.13. The Morgan fingerprint density at radius 1 is 0.925 bits per heavy atom. The van der Waals surface area contributed by atoms with E-state index in [9.17, 15) is 39.0 Å². The van der Waals surface area contributed by atoms with Crippen molar-refractivity contribution >= 4 is 46.2 Å². The lowest BCUT2D eigenvalue weighted by Gasteiger charge is -2.62. The quantitative estimate of drug-likeness (QED) is 0.178. The molecule has 17 heteroatoms. The molecule has 15 nitrogen and oxygen atoms in total. The fourth-order valence-electron chi connectivity index (χ4n) is 12.4. The van der Waals surface area contributed by atoms with Gasteiger partial charge in [-0.3, -0.25) is 14.4 Å². The largest absolute Gasteiger partial charge is 0.492 e. The summed E-state index contributed by atoms with van der Waals surface area (Å²) in [6.45, 7) is 5.92. The number of halogens is 2. The maximum absolute atomic E-state index is 17.5. The number of piperazine rings is 1. The van der Waals surface area contributed by atoms with Gasteiger partial charge in [0.25, 0.3) is 0 Å². The minimum Gasteiger partial charge on any atom is -0.492 e. The first-order valence-corrected chi connectivity index (χ1v) is 22.9. The number of alkyl halides is 1. The molecule has 4 saturated carbocycles. The van der Waals surface area contributed by atoms with Crippen molar-refractivity contribution in [3.63, 3.8) is 0 Å². The van der Waals surface area contributed by atoms with Crippen LogP contribution in [0, 0.1) is 34.4 Å². The van der Waals surface area contributed by atoms with Crippen LogP contribution in [0.4, 0.5) is 19.3 Å². The number of benzene rings is 2. The van der Waals surface area contributed by atoms with E-state index in [-0.39, 0.29) is 71.3 Å². The van der Waals surface area contributed by atoms with Crippen molar-refractivity contribution < 1.29 is 61.9 Å². The summed E-state index contributed by atoms with van der Waals surface area (Å²) >= 11 is 0. The molecule has 3 aromatic rings. The summed E-state index contributed by atoms with van der Waals surface area (Å²) in [5, 5.41) is 24.1. The van der Waals surface area contributed by atoms with Crippen molar-refractivity contribution in [2.75, 3.05) is 45.0 Å². The molecule has 1 saturated heterocycles. The van der Waals surface area contributed by atoms with Gasteiger partial charge in [-0.05, 0) is 107 Å². The van der Waals surface area contributed by atoms with Gasteiger partial charge >= 0.3 is 18.0 Å². The number of ether oxygens (including phenoxy) is 4. The van der Waals surface area contributed by atoms with E-state index in [0.29, 0.717) is 30.4 Å². The Morgan fingerprint density at radius 3 is 2.27 bits per heavy atom. The topological polar surface area (TPSA) is 191 Å². The Hall–Kier alpha value is -5.94. The van der Waals surface area contributed by atoms with E-state index in [4.69, 9.17) is 18.9 Å². The predicted octanol–water partition coefficient (Wildman–Crippen LogP) is 6.02. The number of aliphatic hydroxyl groups is 2. The molecular weight excluding hydrogens is 873 g/mol. The van der Waals surface area contributed by atoms with Crippen LogP contribution in [0.1, 0.15) is 93.0 Å². The standard InChI is InChI=1S/C50H55F2N3O12/c1-27-20-36-35-13-10-31-21-33(56)14-16-47(31,3)49(35,52)39(58)23-48(36,4)50(27,63)40(59)25-65-44(60)29-6-8-30(9-7-29)45(61)66-26-67-46(62)54-19-18-53(24-28(54)2)42-37(51)22-34-38(57)15-17-55(32-11-12-32)41(34)43(42)64-5/h6-9,14-17,21-22,27-28,32,35-36,39,58,63H,10-13,18-20,23-26H2,1-5H3/t27-,28?,35?,36?,39+,47+,48+,49+,50+/m1/s1. The number of aromatic nitrogens is 1. The monoisotopic (exact) mass is 927 g/mol. The molecule has 9 rings (SSSR count). The van der Waals surface area contributed by atoms with Gasteiger partial charge in [-0.25, -0.2) is 23.2 Å². The molecule has 5 fully saturated rings. The normalized spacial score (nSPS) is 32.2. The highest BCUT2D eigenvalue weighted by atomic mass is 19.1. The highest BCUT2D eigenvalue weighted by Crippen LogP contribution is 2.70. The molecule has 1 amide bonds. The summed E-state index contributed by atoms with van der Waals surface area (Å²) in [5.41, 5.74) is -5.61. The van der Waals surface area contributed by atoms with Crippen LogP contribution < -0.4 is 15.1 Å². The van der Waals surface area contributed by atoms with Crippen LogP contribution in [0.5, 0.6) is 5.75 Å². The number of nitrogens with zero attached hydrogens (tertiary/aromatic N) is 3. The zero-order valence-electron chi connectivity index (χ0n) is 38.1. The van der Waals surface area contributed by atoms with Crippen molar-refractivity contribution in [2.24, 2.45) is 28.6 Å². The minimum absolute atomic E-state index is 0.00783. The van der Waals surface area contributed by atoms with E-state index in [1.54, 1.807) is 44.9 Å². The summed E-state index contributed by atoms with van der Waals surface area (Å²) in [6.07, 6.45) is 6.44. The summed E-state index contributed by atoms with van der Waals surface area (Å²) in [6, 6.07) is 7.57. The lowest BCUT2D eigenvalue weighted by Crippen LogP contribution is -2.69. The second-order valence-electron chi connectivity index (χ2n) is 19.6. The molecule has 0 spiro atoms. The van der Waals surface area contributed by atoms with Gasteiger partial charge in [0, 0.05) is 60.7 Å². The molecule has 67 heavy (non-hydrogen) atoms. The molecule has 5 aliphatic carbocycles. The van der Waals surface area contributed by atoms with Crippen LogP contribution in [0.3, 0.4) is 0 Å². The highest BCUT2D eigenvalue weighted by molar-refractivity contribution is 6.01. The third-order valence-corrected chi connectivity index (χ3v) is 16.1. The number of rotatable bonds is 10. The Bertz CT molecular complexity index is 2700. The number of hydrogen-bond acceptors (Lipinski definition) is 13. The number of Topliss-reactive ketones (excluding diaryl/α,β-unsaturated/α-hetero) is 1. The Labute approximate surface area is 385 Å². The van der Waals surface area contributed by atoms with Crippen molar-refractivity contribution in [3.8, 4) is 5.75 Å². The molecule has 0 radical (unpaired) electrons. The number of carbonyl (C=O) groups excluding carboxylic acids is 5. The van der Waals surface area contributed by atoms with Gasteiger partial charge in [0.05, 0.1) is 35.2 Å². The fourth-order valence-corrected chi connectivity index (χ4v) is 12.4. The number of methoxy groups -OCH3 is 1.